The highest BCUT2D eigenvalue weighted by Crippen LogP contribution is 2.38. The summed E-state index contributed by atoms with van der Waals surface area (Å²) in [5.41, 5.74) is 5.90. The third-order valence-corrected chi connectivity index (χ3v) is 7.83. The molecular weight excluding hydrogens is 520 g/mol. The molecule has 0 atom stereocenters. The van der Waals surface area contributed by atoms with Gasteiger partial charge in [0.1, 0.15) is 16.7 Å². The van der Waals surface area contributed by atoms with Crippen LogP contribution in [0.3, 0.4) is 0 Å². The number of benzene rings is 5. The first-order valence-corrected chi connectivity index (χ1v) is 13.7. The fraction of sp³-hybridized carbons (Fsp3) is 0. The molecule has 0 aliphatic rings. The average molecular weight is 541 g/mol. The molecule has 4 aromatic heterocycles. The van der Waals surface area contributed by atoms with E-state index in [-0.39, 0.29) is 0 Å². The second kappa shape index (κ2) is 8.81. The minimum Gasteiger partial charge on any atom is -0.456 e. The Morgan fingerprint density at radius 3 is 2.19 bits per heavy atom. The molecule has 0 aliphatic carbocycles. The Morgan fingerprint density at radius 2 is 1.26 bits per heavy atom. The van der Waals surface area contributed by atoms with Crippen LogP contribution >= 0.6 is 0 Å². The van der Waals surface area contributed by atoms with Crippen molar-refractivity contribution in [3.63, 3.8) is 0 Å². The molecule has 0 amide bonds. The monoisotopic (exact) mass is 540 g/mol. The lowest BCUT2D eigenvalue weighted by atomic mass is 10.0. The molecule has 0 unspecified atom stereocenters. The second-order valence-electron chi connectivity index (χ2n) is 10.3. The lowest BCUT2D eigenvalue weighted by Crippen LogP contribution is -2.00. The van der Waals surface area contributed by atoms with Crippen LogP contribution in [0, 0.1) is 0 Å². The van der Waals surface area contributed by atoms with Crippen molar-refractivity contribution < 1.29 is 8.83 Å². The van der Waals surface area contributed by atoms with Crippen molar-refractivity contribution in [2.45, 2.75) is 0 Å². The first-order valence-electron chi connectivity index (χ1n) is 13.7. The quantitative estimate of drug-likeness (QED) is 0.222. The highest BCUT2D eigenvalue weighted by Gasteiger charge is 2.18. The Morgan fingerprint density at radius 1 is 0.476 bits per heavy atom. The molecule has 42 heavy (non-hydrogen) atoms. The summed E-state index contributed by atoms with van der Waals surface area (Å²) in [5, 5.41) is 6.18. The van der Waals surface area contributed by atoms with Crippen LogP contribution < -0.4 is 0 Å². The van der Waals surface area contributed by atoms with Crippen LogP contribution in [0.5, 0.6) is 0 Å². The molecule has 0 radical (unpaired) electrons. The molecule has 6 nitrogen and oxygen atoms in total. The molecule has 0 bridgehead atoms. The molecule has 9 rings (SSSR count). The van der Waals surface area contributed by atoms with E-state index in [1.165, 1.54) is 0 Å². The highest BCUT2D eigenvalue weighted by molar-refractivity contribution is 6.15. The van der Waals surface area contributed by atoms with Crippen molar-refractivity contribution in [2.24, 2.45) is 0 Å². The summed E-state index contributed by atoms with van der Waals surface area (Å²) in [5.74, 6) is 1.78. The lowest BCUT2D eigenvalue weighted by molar-refractivity contribution is 0.669. The van der Waals surface area contributed by atoms with Crippen LogP contribution in [-0.2, 0) is 0 Å². The third kappa shape index (κ3) is 3.45. The minimum atomic E-state index is 0.584. The molecule has 0 aliphatic heterocycles. The van der Waals surface area contributed by atoms with Gasteiger partial charge in [-0.3, -0.25) is 4.98 Å². The smallest absolute Gasteiger partial charge is 0.164 e. The predicted molar refractivity (Wildman–Crippen MR) is 166 cm³/mol. The van der Waals surface area contributed by atoms with E-state index in [1.807, 2.05) is 72.8 Å². The van der Waals surface area contributed by atoms with Gasteiger partial charge in [0.05, 0.1) is 6.20 Å². The molecule has 9 aromatic rings. The molecule has 0 saturated carbocycles. The molecule has 4 heterocycles. The molecule has 196 valence electrons. The van der Waals surface area contributed by atoms with E-state index >= 15 is 0 Å². The highest BCUT2D eigenvalue weighted by atomic mass is 16.3. The standard InChI is InChI=1S/C36H20N4O2/c1-2-7-22(8-3-1)34-38-35(40-36(39-34)27-10-6-12-30-32(27)26-9-4-5-11-29(26)41-30)23-14-13-21-15-16-25-24-17-18-37-20-31(24)42-33(25)28(21)19-23/h1-20H. The van der Waals surface area contributed by atoms with Crippen molar-refractivity contribution in [3.05, 3.63) is 122 Å². The maximum Gasteiger partial charge on any atom is 0.164 e. The van der Waals surface area contributed by atoms with Crippen molar-refractivity contribution in [2.75, 3.05) is 0 Å². The van der Waals surface area contributed by atoms with Gasteiger partial charge in [-0.25, -0.2) is 15.0 Å². The lowest BCUT2D eigenvalue weighted by Gasteiger charge is -2.10. The van der Waals surface area contributed by atoms with E-state index < -0.39 is 0 Å². The summed E-state index contributed by atoms with van der Waals surface area (Å²) in [7, 11) is 0. The van der Waals surface area contributed by atoms with Crippen molar-refractivity contribution in [3.8, 4) is 34.2 Å². The van der Waals surface area contributed by atoms with Gasteiger partial charge in [0.25, 0.3) is 0 Å². The number of nitrogens with zero attached hydrogens (tertiary/aromatic N) is 4. The van der Waals surface area contributed by atoms with E-state index in [2.05, 4.69) is 41.4 Å². The van der Waals surface area contributed by atoms with Crippen LogP contribution in [-0.4, -0.2) is 19.9 Å². The molecule has 5 aromatic carbocycles. The minimum absolute atomic E-state index is 0.584. The SMILES string of the molecule is c1ccc(-c2nc(-c3ccc4ccc5c6ccncc6oc5c4c3)nc(-c3cccc4oc5ccccc5c34)n2)cc1. The second-order valence-corrected chi connectivity index (χ2v) is 10.3. The first-order chi connectivity index (χ1) is 20.8. The molecule has 0 fully saturated rings. The Bertz CT molecular complexity index is 2480. The van der Waals surface area contributed by atoms with Crippen LogP contribution in [0.15, 0.2) is 130 Å². The van der Waals surface area contributed by atoms with Crippen molar-refractivity contribution in [1.82, 2.24) is 19.9 Å². The summed E-state index contributed by atoms with van der Waals surface area (Å²) in [6.45, 7) is 0. The van der Waals surface area contributed by atoms with Crippen LogP contribution in [0.4, 0.5) is 0 Å². The molecule has 0 saturated heterocycles. The maximum atomic E-state index is 6.30. The topological polar surface area (TPSA) is 77.8 Å². The van der Waals surface area contributed by atoms with Crippen molar-refractivity contribution >= 4 is 54.6 Å². The molecule has 0 spiro atoms. The van der Waals surface area contributed by atoms with Gasteiger partial charge in [0.2, 0.25) is 0 Å². The number of para-hydroxylation sites is 1. The van der Waals surface area contributed by atoms with Gasteiger partial charge in [0, 0.05) is 49.8 Å². The van der Waals surface area contributed by atoms with E-state index in [0.29, 0.717) is 17.5 Å². The van der Waals surface area contributed by atoms with Gasteiger partial charge in [-0.15, -0.1) is 0 Å². The van der Waals surface area contributed by atoms with Gasteiger partial charge < -0.3 is 8.83 Å². The Hall–Kier alpha value is -5.88. The van der Waals surface area contributed by atoms with Crippen LogP contribution in [0.2, 0.25) is 0 Å². The van der Waals surface area contributed by atoms with Gasteiger partial charge in [-0.2, -0.15) is 0 Å². The van der Waals surface area contributed by atoms with Gasteiger partial charge in [0.15, 0.2) is 23.1 Å². The summed E-state index contributed by atoms with van der Waals surface area (Å²) < 4.78 is 12.5. The number of hydrogen-bond donors (Lipinski definition) is 0. The summed E-state index contributed by atoms with van der Waals surface area (Å²) >= 11 is 0. The van der Waals surface area contributed by atoms with E-state index in [1.54, 1.807) is 12.4 Å². The normalized spacial score (nSPS) is 11.8. The maximum absolute atomic E-state index is 6.30. The zero-order valence-corrected chi connectivity index (χ0v) is 22.2. The van der Waals surface area contributed by atoms with Crippen molar-refractivity contribution in [1.29, 1.82) is 0 Å². The predicted octanol–water partition coefficient (Wildman–Crippen LogP) is 9.22. The van der Waals surface area contributed by atoms with E-state index in [0.717, 1.165) is 71.3 Å². The van der Waals surface area contributed by atoms with Crippen LogP contribution in [0.25, 0.3) is 88.8 Å². The third-order valence-electron chi connectivity index (χ3n) is 7.83. The Balaban J connectivity index is 1.31. The number of aromatic nitrogens is 4. The van der Waals surface area contributed by atoms with Gasteiger partial charge in [-0.1, -0.05) is 78.9 Å². The van der Waals surface area contributed by atoms with E-state index in [9.17, 15) is 0 Å². The Labute approximate surface area is 238 Å². The van der Waals surface area contributed by atoms with Gasteiger partial charge >= 0.3 is 0 Å². The Kier molecular flexibility index (Phi) is 4.80. The summed E-state index contributed by atoms with van der Waals surface area (Å²) in [6, 6.07) is 36.5. The summed E-state index contributed by atoms with van der Waals surface area (Å²) in [4.78, 5) is 19.3. The number of hydrogen-bond acceptors (Lipinski definition) is 6. The average Bonchev–Trinajstić information content (AvgIpc) is 3.63. The molecule has 6 heteroatoms. The zero-order chi connectivity index (χ0) is 27.6. The largest absolute Gasteiger partial charge is 0.456 e. The number of pyridine rings is 1. The molecular formula is C36H20N4O2. The number of rotatable bonds is 3. The number of fused-ring (bicyclic) bond motifs is 8. The first kappa shape index (κ1) is 22.9. The molecule has 0 N–H and O–H groups in total. The fourth-order valence-corrected chi connectivity index (χ4v) is 5.85. The fourth-order valence-electron chi connectivity index (χ4n) is 5.85. The van der Waals surface area contributed by atoms with E-state index in [4.69, 9.17) is 23.8 Å². The van der Waals surface area contributed by atoms with Gasteiger partial charge in [-0.05, 0) is 35.7 Å². The number of furan rings is 2. The zero-order valence-electron chi connectivity index (χ0n) is 22.2. The summed E-state index contributed by atoms with van der Waals surface area (Å²) in [6.07, 6.45) is 3.55. The van der Waals surface area contributed by atoms with Crippen LogP contribution in [0.1, 0.15) is 0 Å².